The molecule has 0 radical (unpaired) electrons. The fraction of sp³-hybridized carbons (Fsp3) is 0.148. The lowest BCUT2D eigenvalue weighted by molar-refractivity contribution is -0.121. The molecule has 1 heterocycles. The first-order chi connectivity index (χ1) is 17.7. The van der Waals surface area contributed by atoms with E-state index in [0.717, 1.165) is 14.7 Å². The minimum absolute atomic E-state index is 0.174. The smallest absolute Gasteiger partial charge is 0.335 e. The number of amidine groups is 1. The lowest BCUT2D eigenvalue weighted by Gasteiger charge is -2.15. The number of ether oxygens (including phenoxy) is 2. The van der Waals surface area contributed by atoms with Crippen molar-refractivity contribution in [2.45, 2.75) is 13.5 Å². The van der Waals surface area contributed by atoms with Gasteiger partial charge in [0.05, 0.1) is 26.3 Å². The van der Waals surface area contributed by atoms with Crippen molar-refractivity contribution < 1.29 is 24.2 Å². The zero-order valence-corrected chi connectivity index (χ0v) is 23.6. The van der Waals surface area contributed by atoms with Crippen molar-refractivity contribution in [3.8, 4) is 11.5 Å². The molecule has 0 spiro atoms. The van der Waals surface area contributed by atoms with E-state index in [9.17, 15) is 9.59 Å². The lowest BCUT2D eigenvalue weighted by Crippen LogP contribution is -2.23. The largest absolute Gasteiger partial charge is 0.490 e. The molecule has 3 aromatic rings. The van der Waals surface area contributed by atoms with Gasteiger partial charge < -0.3 is 14.6 Å². The van der Waals surface area contributed by atoms with Crippen LogP contribution < -0.4 is 9.47 Å². The zero-order valence-electron chi connectivity index (χ0n) is 19.9. The van der Waals surface area contributed by atoms with Gasteiger partial charge in [0.25, 0.3) is 5.91 Å². The second-order valence-electron chi connectivity index (χ2n) is 7.90. The van der Waals surface area contributed by atoms with Gasteiger partial charge in [-0.2, -0.15) is 0 Å². The molecule has 37 heavy (non-hydrogen) atoms. The maximum Gasteiger partial charge on any atom is 0.335 e. The Morgan fingerprint density at radius 1 is 1.16 bits per heavy atom. The normalized spacial score (nSPS) is 15.5. The van der Waals surface area contributed by atoms with Crippen LogP contribution in [0.4, 0.5) is 5.69 Å². The van der Waals surface area contributed by atoms with Crippen LogP contribution in [0.15, 0.2) is 70.6 Å². The molecule has 7 nitrogen and oxygen atoms in total. The number of hydrogen-bond acceptors (Lipinski definition) is 6. The van der Waals surface area contributed by atoms with Gasteiger partial charge >= 0.3 is 5.97 Å². The van der Waals surface area contributed by atoms with E-state index in [2.05, 4.69) is 27.6 Å². The Morgan fingerprint density at radius 2 is 1.92 bits per heavy atom. The summed E-state index contributed by atoms with van der Waals surface area (Å²) in [5.41, 5.74) is 2.46. The summed E-state index contributed by atoms with van der Waals surface area (Å²) in [6.45, 7) is 2.69. The number of aromatic carboxylic acids is 1. The quantitative estimate of drug-likeness (QED) is 0.212. The SMILES string of the molecule is CCOc1cc(/C=C2\SC(=Nc3ccc(C(=O)O)cc3)N(C)C2=O)cc(I)c1OCc1cccc(Cl)c1. The van der Waals surface area contributed by atoms with Crippen LogP contribution in [0.3, 0.4) is 0 Å². The highest BCUT2D eigenvalue weighted by molar-refractivity contribution is 14.1. The van der Waals surface area contributed by atoms with Crippen LogP contribution in [0.25, 0.3) is 6.08 Å². The standard InChI is InChI=1S/C27H22ClIN2O5S/c1-3-35-22-13-17(12-21(29)24(22)36-15-16-5-4-6-19(28)11-16)14-23-25(32)31(2)27(37-23)30-20-9-7-18(8-10-20)26(33)34/h4-14H,3,15H2,1-2H3,(H,33,34)/b23-14-,30-27?. The molecule has 0 aliphatic carbocycles. The third-order valence-corrected chi connectivity index (χ3v) is 7.34. The van der Waals surface area contributed by atoms with Crippen molar-refractivity contribution in [1.82, 2.24) is 4.90 Å². The minimum Gasteiger partial charge on any atom is -0.490 e. The van der Waals surface area contributed by atoms with Gasteiger partial charge in [-0.05, 0) is 107 Å². The number of nitrogens with zero attached hydrogens (tertiary/aromatic N) is 2. The third kappa shape index (κ3) is 6.65. The van der Waals surface area contributed by atoms with E-state index >= 15 is 0 Å². The van der Waals surface area contributed by atoms with Gasteiger partial charge in [0.2, 0.25) is 0 Å². The van der Waals surface area contributed by atoms with Gasteiger partial charge in [0.15, 0.2) is 16.7 Å². The number of hydrogen-bond donors (Lipinski definition) is 1. The molecule has 10 heteroatoms. The van der Waals surface area contributed by atoms with Crippen molar-refractivity contribution in [3.63, 3.8) is 0 Å². The van der Waals surface area contributed by atoms with E-state index in [1.165, 1.54) is 28.8 Å². The first-order valence-electron chi connectivity index (χ1n) is 11.2. The Morgan fingerprint density at radius 3 is 2.59 bits per heavy atom. The highest BCUT2D eigenvalue weighted by atomic mass is 127. The number of aliphatic imine (C=N–C) groups is 1. The van der Waals surface area contributed by atoms with E-state index in [0.29, 0.717) is 45.5 Å². The predicted octanol–water partition coefficient (Wildman–Crippen LogP) is 6.85. The Kier molecular flexibility index (Phi) is 8.78. The molecule has 0 saturated carbocycles. The number of rotatable bonds is 8. The average molecular weight is 649 g/mol. The number of carboxylic acids is 1. The van der Waals surface area contributed by atoms with Gasteiger partial charge in [-0.25, -0.2) is 9.79 Å². The topological polar surface area (TPSA) is 88.4 Å². The van der Waals surface area contributed by atoms with Crippen molar-refractivity contribution in [1.29, 1.82) is 0 Å². The van der Waals surface area contributed by atoms with Gasteiger partial charge in [0.1, 0.15) is 6.61 Å². The summed E-state index contributed by atoms with van der Waals surface area (Å²) in [6, 6.07) is 17.4. The van der Waals surface area contributed by atoms with Crippen LogP contribution in [-0.4, -0.2) is 40.7 Å². The molecular formula is C27H22ClIN2O5S. The van der Waals surface area contributed by atoms with Crippen molar-refractivity contribution >= 4 is 74.8 Å². The number of thioether (sulfide) groups is 1. The number of carboxylic acid groups (broad SMARTS) is 1. The second kappa shape index (κ2) is 12.0. The molecule has 1 fully saturated rings. The van der Waals surface area contributed by atoms with Crippen LogP contribution in [0, 0.1) is 3.57 Å². The molecule has 1 aliphatic rings. The van der Waals surface area contributed by atoms with Gasteiger partial charge in [0, 0.05) is 12.1 Å². The van der Waals surface area contributed by atoms with Gasteiger partial charge in [-0.1, -0.05) is 23.7 Å². The Bertz CT molecular complexity index is 1410. The predicted molar refractivity (Wildman–Crippen MR) is 155 cm³/mol. The van der Waals surface area contributed by atoms with Crippen molar-refractivity contribution in [2.24, 2.45) is 4.99 Å². The molecule has 0 atom stereocenters. The molecule has 1 N–H and O–H groups in total. The molecule has 0 unspecified atom stereocenters. The van der Waals surface area contributed by atoms with Gasteiger partial charge in [-0.15, -0.1) is 0 Å². The summed E-state index contributed by atoms with van der Waals surface area (Å²) in [4.78, 5) is 30.5. The molecule has 1 amide bonds. The average Bonchev–Trinajstić information content (AvgIpc) is 3.11. The van der Waals surface area contributed by atoms with Crippen LogP contribution in [-0.2, 0) is 11.4 Å². The summed E-state index contributed by atoms with van der Waals surface area (Å²) >= 11 is 9.53. The summed E-state index contributed by atoms with van der Waals surface area (Å²) in [5, 5.41) is 10.2. The van der Waals surface area contributed by atoms with E-state index in [1.54, 1.807) is 25.3 Å². The highest BCUT2D eigenvalue weighted by Crippen LogP contribution is 2.38. The van der Waals surface area contributed by atoms with Crippen LogP contribution in [0.5, 0.6) is 11.5 Å². The first kappa shape index (κ1) is 27.0. The van der Waals surface area contributed by atoms with Gasteiger partial charge in [-0.3, -0.25) is 9.69 Å². The second-order valence-corrected chi connectivity index (χ2v) is 10.5. The van der Waals surface area contributed by atoms with Crippen LogP contribution >= 0.6 is 46.0 Å². The maximum atomic E-state index is 12.9. The number of benzene rings is 3. The number of carbonyl (C=O) groups is 2. The minimum atomic E-state index is -1.01. The molecule has 190 valence electrons. The number of likely N-dealkylation sites (N-methyl/N-ethyl adjacent to an activating group) is 1. The molecule has 3 aromatic carbocycles. The fourth-order valence-corrected chi connectivity index (χ4v) is 5.43. The molecule has 4 rings (SSSR count). The zero-order chi connectivity index (χ0) is 26.5. The monoisotopic (exact) mass is 648 g/mol. The van der Waals surface area contributed by atoms with E-state index in [-0.39, 0.29) is 11.5 Å². The molecule has 0 aromatic heterocycles. The maximum absolute atomic E-state index is 12.9. The summed E-state index contributed by atoms with van der Waals surface area (Å²) in [5.74, 6) is 0.0210. The summed E-state index contributed by atoms with van der Waals surface area (Å²) in [7, 11) is 1.66. The first-order valence-corrected chi connectivity index (χ1v) is 13.5. The number of carbonyl (C=O) groups excluding carboxylic acids is 1. The Balaban J connectivity index is 1.57. The fourth-order valence-electron chi connectivity index (χ4n) is 3.45. The number of halogens is 2. The molecule has 1 aliphatic heterocycles. The molecule has 0 bridgehead atoms. The van der Waals surface area contributed by atoms with E-state index < -0.39 is 5.97 Å². The van der Waals surface area contributed by atoms with Crippen molar-refractivity contribution in [2.75, 3.05) is 13.7 Å². The Labute approximate surface area is 237 Å². The third-order valence-electron chi connectivity index (χ3n) is 5.24. The van der Waals surface area contributed by atoms with E-state index in [1.807, 2.05) is 43.3 Å². The summed E-state index contributed by atoms with van der Waals surface area (Å²) < 4.78 is 12.8. The van der Waals surface area contributed by atoms with Crippen molar-refractivity contribution in [3.05, 3.63) is 90.9 Å². The van der Waals surface area contributed by atoms with Crippen LogP contribution in [0.1, 0.15) is 28.4 Å². The Hall–Kier alpha value is -3.02. The molecule has 1 saturated heterocycles. The molecular weight excluding hydrogens is 627 g/mol. The summed E-state index contributed by atoms with van der Waals surface area (Å²) in [6.07, 6.45) is 1.80. The lowest BCUT2D eigenvalue weighted by atomic mass is 10.1. The number of amides is 1. The van der Waals surface area contributed by atoms with E-state index in [4.69, 9.17) is 26.2 Å². The highest BCUT2D eigenvalue weighted by Gasteiger charge is 2.30. The van der Waals surface area contributed by atoms with Crippen LogP contribution in [0.2, 0.25) is 5.02 Å².